The van der Waals surface area contributed by atoms with Gasteiger partial charge in [-0.3, -0.25) is 4.68 Å². The predicted octanol–water partition coefficient (Wildman–Crippen LogP) is 2.38. The van der Waals surface area contributed by atoms with Crippen molar-refractivity contribution in [2.45, 2.75) is 19.5 Å². The zero-order chi connectivity index (χ0) is 11.5. The van der Waals surface area contributed by atoms with E-state index in [2.05, 4.69) is 22.3 Å². The Morgan fingerprint density at radius 1 is 1.56 bits per heavy atom. The standard InChI is InChI=1S/C10H13ClN4S/c1-7(8-3-4-9(11)16-8)12-5-10-13-6-14-15(10)2/h3-4,6-7,12H,5H2,1-2H3. The Kier molecular flexibility index (Phi) is 3.58. The van der Waals surface area contributed by atoms with Gasteiger partial charge in [0.1, 0.15) is 12.2 Å². The van der Waals surface area contributed by atoms with E-state index in [1.807, 2.05) is 19.2 Å². The molecule has 0 fully saturated rings. The van der Waals surface area contributed by atoms with Gasteiger partial charge < -0.3 is 5.32 Å². The van der Waals surface area contributed by atoms with Gasteiger partial charge in [0.25, 0.3) is 0 Å². The zero-order valence-electron chi connectivity index (χ0n) is 9.14. The lowest BCUT2D eigenvalue weighted by Gasteiger charge is -2.11. The number of rotatable bonds is 4. The van der Waals surface area contributed by atoms with Crippen LogP contribution < -0.4 is 5.32 Å². The van der Waals surface area contributed by atoms with Crippen molar-refractivity contribution < 1.29 is 0 Å². The van der Waals surface area contributed by atoms with Crippen molar-refractivity contribution in [2.24, 2.45) is 7.05 Å². The fourth-order valence-electron chi connectivity index (χ4n) is 1.39. The van der Waals surface area contributed by atoms with Gasteiger partial charge in [-0.25, -0.2) is 4.98 Å². The molecule has 2 aromatic heterocycles. The van der Waals surface area contributed by atoms with Crippen molar-refractivity contribution >= 4 is 22.9 Å². The van der Waals surface area contributed by atoms with Crippen LogP contribution in [0.2, 0.25) is 4.34 Å². The minimum atomic E-state index is 0.272. The number of aryl methyl sites for hydroxylation is 1. The van der Waals surface area contributed by atoms with Crippen molar-refractivity contribution in [1.82, 2.24) is 20.1 Å². The zero-order valence-corrected chi connectivity index (χ0v) is 10.7. The number of hydrogen-bond donors (Lipinski definition) is 1. The molecule has 0 spiro atoms. The van der Waals surface area contributed by atoms with E-state index in [1.165, 1.54) is 4.88 Å². The highest BCUT2D eigenvalue weighted by Crippen LogP contribution is 2.26. The number of thiophene rings is 1. The van der Waals surface area contributed by atoms with E-state index in [0.29, 0.717) is 6.54 Å². The Hall–Kier alpha value is -0.910. The van der Waals surface area contributed by atoms with E-state index in [4.69, 9.17) is 11.6 Å². The van der Waals surface area contributed by atoms with E-state index in [9.17, 15) is 0 Å². The first-order valence-corrected chi connectivity index (χ1v) is 6.18. The molecule has 0 aromatic carbocycles. The summed E-state index contributed by atoms with van der Waals surface area (Å²) in [6.45, 7) is 2.81. The summed E-state index contributed by atoms with van der Waals surface area (Å²) in [5, 5.41) is 7.40. The molecule has 2 heterocycles. The number of halogens is 1. The molecule has 0 radical (unpaired) electrons. The third-order valence-corrected chi connectivity index (χ3v) is 3.81. The van der Waals surface area contributed by atoms with Gasteiger partial charge in [-0.15, -0.1) is 11.3 Å². The molecule has 0 amide bonds. The van der Waals surface area contributed by atoms with Gasteiger partial charge in [-0.05, 0) is 19.1 Å². The van der Waals surface area contributed by atoms with Crippen molar-refractivity contribution in [3.8, 4) is 0 Å². The van der Waals surface area contributed by atoms with Crippen molar-refractivity contribution in [3.05, 3.63) is 33.5 Å². The van der Waals surface area contributed by atoms with Crippen LogP contribution in [-0.2, 0) is 13.6 Å². The highest BCUT2D eigenvalue weighted by atomic mass is 35.5. The number of nitrogens with zero attached hydrogens (tertiary/aromatic N) is 3. The Morgan fingerprint density at radius 3 is 2.94 bits per heavy atom. The van der Waals surface area contributed by atoms with Gasteiger partial charge in [0, 0.05) is 18.0 Å². The van der Waals surface area contributed by atoms with Crippen LogP contribution in [0.5, 0.6) is 0 Å². The summed E-state index contributed by atoms with van der Waals surface area (Å²) >= 11 is 7.49. The Balaban J connectivity index is 1.93. The van der Waals surface area contributed by atoms with Crippen molar-refractivity contribution in [2.75, 3.05) is 0 Å². The lowest BCUT2D eigenvalue weighted by molar-refractivity contribution is 0.546. The molecule has 1 N–H and O–H groups in total. The molecule has 2 aromatic rings. The van der Waals surface area contributed by atoms with E-state index in [1.54, 1.807) is 22.3 Å². The van der Waals surface area contributed by atoms with Crippen LogP contribution in [0.25, 0.3) is 0 Å². The van der Waals surface area contributed by atoms with Crippen LogP contribution in [0.4, 0.5) is 0 Å². The summed E-state index contributed by atoms with van der Waals surface area (Å²) in [6.07, 6.45) is 1.56. The molecule has 2 rings (SSSR count). The second-order valence-electron chi connectivity index (χ2n) is 3.54. The summed E-state index contributed by atoms with van der Waals surface area (Å²) in [7, 11) is 1.89. The summed E-state index contributed by atoms with van der Waals surface area (Å²) in [5.41, 5.74) is 0. The Bertz CT molecular complexity index is 465. The van der Waals surface area contributed by atoms with Crippen LogP contribution in [0.3, 0.4) is 0 Å². The largest absolute Gasteiger partial charge is 0.302 e. The SMILES string of the molecule is CC(NCc1ncnn1C)c1ccc(Cl)s1. The third-order valence-electron chi connectivity index (χ3n) is 2.39. The molecule has 0 aliphatic rings. The van der Waals surface area contributed by atoms with Gasteiger partial charge in [0.15, 0.2) is 0 Å². The van der Waals surface area contributed by atoms with E-state index < -0.39 is 0 Å². The minimum absolute atomic E-state index is 0.272. The quantitative estimate of drug-likeness (QED) is 0.913. The van der Waals surface area contributed by atoms with Gasteiger partial charge in [0.05, 0.1) is 10.9 Å². The number of aromatic nitrogens is 3. The molecule has 6 heteroatoms. The summed E-state index contributed by atoms with van der Waals surface area (Å²) in [4.78, 5) is 5.38. The van der Waals surface area contributed by atoms with Crippen LogP contribution >= 0.6 is 22.9 Å². The second kappa shape index (κ2) is 4.95. The Labute approximate surface area is 103 Å². The second-order valence-corrected chi connectivity index (χ2v) is 5.29. The van der Waals surface area contributed by atoms with Crippen molar-refractivity contribution in [1.29, 1.82) is 0 Å². The molecule has 4 nitrogen and oxygen atoms in total. The lowest BCUT2D eigenvalue weighted by atomic mass is 10.3. The first-order valence-electron chi connectivity index (χ1n) is 4.98. The fraction of sp³-hybridized carbons (Fsp3) is 0.400. The smallest absolute Gasteiger partial charge is 0.140 e. The first-order chi connectivity index (χ1) is 7.66. The monoisotopic (exact) mass is 256 g/mol. The normalized spacial score (nSPS) is 12.9. The van der Waals surface area contributed by atoms with Crippen molar-refractivity contribution in [3.63, 3.8) is 0 Å². The average Bonchev–Trinajstić information content (AvgIpc) is 2.84. The average molecular weight is 257 g/mol. The molecule has 1 atom stereocenters. The van der Waals surface area contributed by atoms with Gasteiger partial charge in [-0.1, -0.05) is 11.6 Å². The molecule has 0 bridgehead atoms. The Morgan fingerprint density at radius 2 is 2.38 bits per heavy atom. The number of hydrogen-bond acceptors (Lipinski definition) is 4. The molecule has 0 saturated carbocycles. The fourth-order valence-corrected chi connectivity index (χ4v) is 2.47. The molecule has 0 aliphatic carbocycles. The van der Waals surface area contributed by atoms with Gasteiger partial charge >= 0.3 is 0 Å². The van der Waals surface area contributed by atoms with E-state index >= 15 is 0 Å². The van der Waals surface area contributed by atoms with Crippen LogP contribution in [0.15, 0.2) is 18.5 Å². The third kappa shape index (κ3) is 2.61. The summed E-state index contributed by atoms with van der Waals surface area (Å²) in [6, 6.07) is 4.23. The van der Waals surface area contributed by atoms with Crippen LogP contribution in [-0.4, -0.2) is 14.8 Å². The minimum Gasteiger partial charge on any atom is -0.302 e. The van der Waals surface area contributed by atoms with Gasteiger partial charge in [-0.2, -0.15) is 5.10 Å². The van der Waals surface area contributed by atoms with Crippen LogP contribution in [0.1, 0.15) is 23.7 Å². The summed E-state index contributed by atoms with van der Waals surface area (Å²) in [5.74, 6) is 0.925. The first kappa shape index (κ1) is 11.6. The van der Waals surface area contributed by atoms with Crippen LogP contribution in [0, 0.1) is 0 Å². The maximum Gasteiger partial charge on any atom is 0.140 e. The summed E-state index contributed by atoms with van der Waals surface area (Å²) < 4.78 is 2.59. The molecule has 0 saturated heterocycles. The number of nitrogens with one attached hydrogen (secondary N) is 1. The highest BCUT2D eigenvalue weighted by Gasteiger charge is 2.09. The molecule has 86 valence electrons. The lowest BCUT2D eigenvalue weighted by Crippen LogP contribution is -2.19. The highest BCUT2D eigenvalue weighted by molar-refractivity contribution is 7.16. The molecule has 1 unspecified atom stereocenters. The van der Waals surface area contributed by atoms with E-state index in [-0.39, 0.29) is 6.04 Å². The molecule has 0 aliphatic heterocycles. The molecular weight excluding hydrogens is 244 g/mol. The molecule has 16 heavy (non-hydrogen) atoms. The topological polar surface area (TPSA) is 42.7 Å². The predicted molar refractivity (Wildman–Crippen MR) is 65.6 cm³/mol. The van der Waals surface area contributed by atoms with E-state index in [0.717, 1.165) is 10.2 Å². The molecular formula is C10H13ClN4S. The maximum absolute atomic E-state index is 5.89. The van der Waals surface area contributed by atoms with Gasteiger partial charge in [0.2, 0.25) is 0 Å². The maximum atomic E-state index is 5.89.